The molecule has 3 heterocycles. The lowest BCUT2D eigenvalue weighted by molar-refractivity contribution is 0.0531. The number of anilines is 1. The predicted molar refractivity (Wildman–Crippen MR) is 110 cm³/mol. The number of hydrogen-bond acceptors (Lipinski definition) is 8. The van der Waals surface area contributed by atoms with Gasteiger partial charge in [0.1, 0.15) is 28.7 Å². The number of fused-ring (bicyclic) bond motifs is 2. The van der Waals surface area contributed by atoms with Gasteiger partial charge in [0.2, 0.25) is 0 Å². The number of aryl methyl sites for hydroxylation is 1. The fraction of sp³-hybridized carbons (Fsp3) is 0.350. The number of esters is 1. The van der Waals surface area contributed by atoms with Crippen molar-refractivity contribution < 1.29 is 19.0 Å². The number of carbonyl (C=O) groups excluding carboxylic acids is 1. The van der Waals surface area contributed by atoms with E-state index in [0.29, 0.717) is 51.2 Å². The van der Waals surface area contributed by atoms with Crippen LogP contribution in [-0.2, 0) is 4.74 Å². The quantitative estimate of drug-likeness (QED) is 0.616. The van der Waals surface area contributed by atoms with Crippen molar-refractivity contribution in [1.82, 2.24) is 9.97 Å². The van der Waals surface area contributed by atoms with Crippen LogP contribution in [0.4, 0.5) is 5.69 Å². The molecule has 0 amide bonds. The lowest BCUT2D eigenvalue weighted by Gasteiger charge is -2.20. The molecular weight excluding hydrogens is 394 g/mol. The van der Waals surface area contributed by atoms with Crippen LogP contribution in [0, 0.1) is 6.92 Å². The van der Waals surface area contributed by atoms with Crippen molar-refractivity contribution in [2.45, 2.75) is 26.8 Å². The SMILES string of the molecule is CCOC(=O)c1sc2nc([C@H](C)Nc3ccc4c(c3)OCCO4)[nH]c(=O)c2c1C. The molecule has 0 bridgehead atoms. The summed E-state index contributed by atoms with van der Waals surface area (Å²) < 4.78 is 16.2. The van der Waals surface area contributed by atoms with Gasteiger partial charge < -0.3 is 24.5 Å². The Bertz CT molecular complexity index is 1140. The van der Waals surface area contributed by atoms with Gasteiger partial charge in [-0.2, -0.15) is 0 Å². The lowest BCUT2D eigenvalue weighted by atomic mass is 10.2. The van der Waals surface area contributed by atoms with Crippen LogP contribution in [0.15, 0.2) is 23.0 Å². The largest absolute Gasteiger partial charge is 0.486 e. The Kier molecular flexibility index (Phi) is 5.14. The number of rotatable bonds is 5. The minimum atomic E-state index is -0.434. The molecule has 152 valence electrons. The number of H-pyrrole nitrogens is 1. The molecule has 0 fully saturated rings. The molecule has 2 N–H and O–H groups in total. The van der Waals surface area contributed by atoms with E-state index in [-0.39, 0.29) is 18.2 Å². The van der Waals surface area contributed by atoms with Crippen LogP contribution in [0.1, 0.15) is 40.9 Å². The van der Waals surface area contributed by atoms with Crippen LogP contribution in [0.3, 0.4) is 0 Å². The highest BCUT2D eigenvalue weighted by Gasteiger charge is 2.21. The lowest BCUT2D eigenvalue weighted by Crippen LogP contribution is -2.18. The van der Waals surface area contributed by atoms with Crippen LogP contribution in [-0.4, -0.2) is 35.8 Å². The molecule has 0 unspecified atom stereocenters. The van der Waals surface area contributed by atoms with Gasteiger partial charge >= 0.3 is 5.97 Å². The second-order valence-corrected chi connectivity index (χ2v) is 7.63. The van der Waals surface area contributed by atoms with Gasteiger partial charge in [-0.3, -0.25) is 4.79 Å². The number of thiophene rings is 1. The molecule has 0 spiro atoms. The molecule has 29 heavy (non-hydrogen) atoms. The van der Waals surface area contributed by atoms with E-state index in [0.717, 1.165) is 5.69 Å². The number of aromatic amines is 1. The van der Waals surface area contributed by atoms with Gasteiger partial charge in [0.15, 0.2) is 11.5 Å². The van der Waals surface area contributed by atoms with E-state index >= 15 is 0 Å². The summed E-state index contributed by atoms with van der Waals surface area (Å²) in [5.41, 5.74) is 1.14. The minimum absolute atomic E-state index is 0.273. The van der Waals surface area contributed by atoms with Gasteiger partial charge in [-0.05, 0) is 38.5 Å². The molecule has 0 aliphatic carbocycles. The summed E-state index contributed by atoms with van der Waals surface area (Å²) in [5.74, 6) is 1.44. The predicted octanol–water partition coefficient (Wildman–Crippen LogP) is 3.41. The Morgan fingerprint density at radius 1 is 1.34 bits per heavy atom. The molecule has 1 aliphatic rings. The fourth-order valence-electron chi connectivity index (χ4n) is 3.21. The zero-order valence-electron chi connectivity index (χ0n) is 16.3. The number of hydrogen-bond donors (Lipinski definition) is 2. The summed E-state index contributed by atoms with van der Waals surface area (Å²) in [6.45, 7) is 6.70. The first-order valence-corrected chi connectivity index (χ1v) is 10.2. The Hall–Kier alpha value is -3.07. The normalized spacial score (nSPS) is 13.9. The Morgan fingerprint density at radius 3 is 2.86 bits per heavy atom. The van der Waals surface area contributed by atoms with Crippen molar-refractivity contribution in [1.29, 1.82) is 0 Å². The van der Waals surface area contributed by atoms with E-state index in [1.807, 2.05) is 25.1 Å². The summed E-state index contributed by atoms with van der Waals surface area (Å²) in [6.07, 6.45) is 0. The maximum Gasteiger partial charge on any atom is 0.348 e. The van der Waals surface area contributed by atoms with Gasteiger partial charge in [-0.15, -0.1) is 11.3 Å². The van der Waals surface area contributed by atoms with Gasteiger partial charge in [0.05, 0.1) is 18.0 Å². The molecule has 1 aliphatic heterocycles. The fourth-order valence-corrected chi connectivity index (χ4v) is 4.29. The van der Waals surface area contributed by atoms with Crippen molar-refractivity contribution in [2.75, 3.05) is 25.1 Å². The molecule has 1 aromatic carbocycles. The first-order chi connectivity index (χ1) is 14.0. The molecule has 3 aromatic rings. The summed E-state index contributed by atoms with van der Waals surface area (Å²) in [7, 11) is 0. The molecule has 8 nitrogen and oxygen atoms in total. The molecular formula is C20H21N3O5S. The smallest absolute Gasteiger partial charge is 0.348 e. The maximum absolute atomic E-state index is 12.7. The Balaban J connectivity index is 1.63. The number of nitrogens with one attached hydrogen (secondary N) is 2. The van der Waals surface area contributed by atoms with Crippen molar-refractivity contribution in [2.24, 2.45) is 0 Å². The van der Waals surface area contributed by atoms with Crippen LogP contribution in [0.2, 0.25) is 0 Å². The number of carbonyl (C=O) groups is 1. The number of ether oxygens (including phenoxy) is 3. The summed E-state index contributed by atoms with van der Waals surface area (Å²) in [6, 6.07) is 5.31. The van der Waals surface area contributed by atoms with Crippen molar-refractivity contribution in [3.63, 3.8) is 0 Å². The van der Waals surface area contributed by atoms with Crippen LogP contribution < -0.4 is 20.3 Å². The second kappa shape index (κ2) is 7.75. The standard InChI is InChI=1S/C20H21N3O5S/c1-4-26-20(25)16-10(2)15-18(24)22-17(23-19(15)29-16)11(3)21-12-5-6-13-14(9-12)28-8-7-27-13/h5-6,9,11,21H,4,7-8H2,1-3H3,(H,22,23,24)/t11-/m0/s1. The Labute approximate surface area is 170 Å². The van der Waals surface area contributed by atoms with Gasteiger partial charge in [0.25, 0.3) is 5.56 Å². The van der Waals surface area contributed by atoms with Crippen LogP contribution in [0.5, 0.6) is 11.5 Å². The average molecular weight is 415 g/mol. The zero-order chi connectivity index (χ0) is 20.5. The number of aromatic nitrogens is 2. The van der Waals surface area contributed by atoms with Crippen molar-refractivity contribution >= 4 is 33.2 Å². The van der Waals surface area contributed by atoms with Crippen molar-refractivity contribution in [3.05, 3.63) is 44.8 Å². The third-order valence-corrected chi connectivity index (χ3v) is 5.78. The van der Waals surface area contributed by atoms with Gasteiger partial charge in [0, 0.05) is 11.8 Å². The second-order valence-electron chi connectivity index (χ2n) is 6.63. The third kappa shape index (κ3) is 3.65. The molecule has 0 radical (unpaired) electrons. The van der Waals surface area contributed by atoms with E-state index < -0.39 is 5.97 Å². The minimum Gasteiger partial charge on any atom is -0.486 e. The monoisotopic (exact) mass is 415 g/mol. The first kappa shape index (κ1) is 19.3. The topological polar surface area (TPSA) is 103 Å². The van der Waals surface area contributed by atoms with Crippen LogP contribution in [0.25, 0.3) is 10.2 Å². The first-order valence-electron chi connectivity index (χ1n) is 9.34. The molecule has 9 heteroatoms. The van der Waals surface area contributed by atoms with E-state index in [4.69, 9.17) is 14.2 Å². The molecule has 4 rings (SSSR count). The highest BCUT2D eigenvalue weighted by Crippen LogP contribution is 2.34. The highest BCUT2D eigenvalue weighted by molar-refractivity contribution is 7.20. The average Bonchev–Trinajstić information content (AvgIpc) is 3.05. The van der Waals surface area contributed by atoms with E-state index in [1.165, 1.54) is 11.3 Å². The van der Waals surface area contributed by atoms with Crippen LogP contribution >= 0.6 is 11.3 Å². The number of nitrogens with zero attached hydrogens (tertiary/aromatic N) is 1. The third-order valence-electron chi connectivity index (χ3n) is 4.62. The summed E-state index contributed by atoms with van der Waals surface area (Å²) >= 11 is 1.17. The van der Waals surface area contributed by atoms with E-state index in [9.17, 15) is 9.59 Å². The Morgan fingerprint density at radius 2 is 2.10 bits per heavy atom. The maximum atomic E-state index is 12.7. The van der Waals surface area contributed by atoms with Gasteiger partial charge in [-0.25, -0.2) is 9.78 Å². The molecule has 2 aromatic heterocycles. The molecule has 1 atom stereocenters. The summed E-state index contributed by atoms with van der Waals surface area (Å²) in [5, 5.41) is 3.73. The summed E-state index contributed by atoms with van der Waals surface area (Å²) in [4.78, 5) is 33.1. The molecule has 0 saturated carbocycles. The van der Waals surface area contributed by atoms with E-state index in [1.54, 1.807) is 13.8 Å². The van der Waals surface area contributed by atoms with Gasteiger partial charge in [-0.1, -0.05) is 0 Å². The van der Waals surface area contributed by atoms with E-state index in [2.05, 4.69) is 15.3 Å². The molecule has 0 saturated heterocycles. The highest BCUT2D eigenvalue weighted by atomic mass is 32.1. The number of benzene rings is 1. The van der Waals surface area contributed by atoms with Crippen molar-refractivity contribution in [3.8, 4) is 11.5 Å². The zero-order valence-corrected chi connectivity index (χ0v) is 17.1.